The lowest BCUT2D eigenvalue weighted by Crippen LogP contribution is -2.62. The molecule has 2 aromatic rings. The molecule has 168 valence electrons. The number of amides is 2. The second-order valence-corrected chi connectivity index (χ2v) is 8.69. The van der Waals surface area contributed by atoms with Crippen LogP contribution in [0.5, 0.6) is 0 Å². The van der Waals surface area contributed by atoms with Crippen molar-refractivity contribution < 1.29 is 23.9 Å². The van der Waals surface area contributed by atoms with E-state index in [4.69, 9.17) is 9.47 Å². The van der Waals surface area contributed by atoms with Gasteiger partial charge in [0, 0.05) is 32.0 Å². The van der Waals surface area contributed by atoms with Gasteiger partial charge in [0.2, 0.25) is 5.91 Å². The lowest BCUT2D eigenvalue weighted by atomic mass is 9.68. The van der Waals surface area contributed by atoms with Crippen LogP contribution < -0.4 is 0 Å². The third-order valence-corrected chi connectivity index (χ3v) is 6.54. The first-order valence-electron chi connectivity index (χ1n) is 10.8. The standard InChI is InChI=1S/C25H28N2O5/c1-18(28)26-16-25(17-26)12-13-27(24(30)32-15-19-6-4-3-5-7-19)22(14-25)20-8-10-21(11-9-20)23(29)31-2/h3-11,22H,12-17H2,1-2H3. The largest absolute Gasteiger partial charge is 0.465 e. The fourth-order valence-electron chi connectivity index (χ4n) is 4.69. The number of esters is 1. The third kappa shape index (κ3) is 4.47. The zero-order valence-corrected chi connectivity index (χ0v) is 18.5. The van der Waals surface area contributed by atoms with E-state index >= 15 is 0 Å². The Morgan fingerprint density at radius 1 is 1.03 bits per heavy atom. The highest BCUT2D eigenvalue weighted by molar-refractivity contribution is 5.89. The molecular weight excluding hydrogens is 408 g/mol. The molecule has 2 aliphatic rings. The fourth-order valence-corrected chi connectivity index (χ4v) is 4.69. The number of piperidine rings is 1. The number of hydrogen-bond donors (Lipinski definition) is 0. The number of carbonyl (C=O) groups is 3. The fraction of sp³-hybridized carbons (Fsp3) is 0.400. The lowest BCUT2D eigenvalue weighted by Gasteiger charge is -2.55. The average Bonchev–Trinajstić information content (AvgIpc) is 2.80. The van der Waals surface area contributed by atoms with E-state index < -0.39 is 5.97 Å². The van der Waals surface area contributed by atoms with Gasteiger partial charge in [-0.3, -0.25) is 4.79 Å². The van der Waals surface area contributed by atoms with Crippen LogP contribution in [-0.2, 0) is 20.9 Å². The van der Waals surface area contributed by atoms with Crippen LogP contribution in [0.4, 0.5) is 4.79 Å². The highest BCUT2D eigenvalue weighted by Crippen LogP contribution is 2.47. The molecule has 4 rings (SSSR count). The van der Waals surface area contributed by atoms with Crippen molar-refractivity contribution in [2.45, 2.75) is 32.4 Å². The van der Waals surface area contributed by atoms with Gasteiger partial charge in [-0.15, -0.1) is 0 Å². The molecule has 0 radical (unpaired) electrons. The molecule has 7 nitrogen and oxygen atoms in total. The van der Waals surface area contributed by atoms with Crippen molar-refractivity contribution in [3.8, 4) is 0 Å². The van der Waals surface area contributed by atoms with Crippen molar-refractivity contribution in [3.63, 3.8) is 0 Å². The number of likely N-dealkylation sites (tertiary alicyclic amines) is 2. The molecule has 1 atom stereocenters. The number of methoxy groups -OCH3 is 1. The number of hydrogen-bond acceptors (Lipinski definition) is 5. The van der Waals surface area contributed by atoms with Gasteiger partial charge in [0.05, 0.1) is 18.7 Å². The first-order valence-corrected chi connectivity index (χ1v) is 10.8. The van der Waals surface area contributed by atoms with Gasteiger partial charge in [0.15, 0.2) is 0 Å². The minimum atomic E-state index is -0.396. The van der Waals surface area contributed by atoms with Crippen molar-refractivity contribution in [3.05, 3.63) is 71.3 Å². The van der Waals surface area contributed by atoms with E-state index in [1.54, 1.807) is 24.0 Å². The second kappa shape index (κ2) is 9.02. The molecule has 2 aromatic carbocycles. The van der Waals surface area contributed by atoms with Gasteiger partial charge < -0.3 is 19.3 Å². The van der Waals surface area contributed by atoms with Gasteiger partial charge in [-0.05, 0) is 36.1 Å². The van der Waals surface area contributed by atoms with Gasteiger partial charge in [-0.1, -0.05) is 42.5 Å². The summed E-state index contributed by atoms with van der Waals surface area (Å²) < 4.78 is 10.4. The predicted molar refractivity (Wildman–Crippen MR) is 118 cm³/mol. The van der Waals surface area contributed by atoms with Crippen molar-refractivity contribution in [2.75, 3.05) is 26.7 Å². The highest BCUT2D eigenvalue weighted by Gasteiger charge is 2.50. The summed E-state index contributed by atoms with van der Waals surface area (Å²) in [7, 11) is 1.35. The summed E-state index contributed by atoms with van der Waals surface area (Å²) in [6, 6.07) is 16.6. The molecule has 2 amide bonds. The zero-order valence-electron chi connectivity index (χ0n) is 18.5. The summed E-state index contributed by atoms with van der Waals surface area (Å²) in [6.45, 7) is 3.79. The summed E-state index contributed by atoms with van der Waals surface area (Å²) in [6.07, 6.45) is 1.22. The van der Waals surface area contributed by atoms with E-state index in [0.717, 1.165) is 24.0 Å². The van der Waals surface area contributed by atoms with E-state index in [1.807, 2.05) is 47.4 Å². The van der Waals surface area contributed by atoms with Crippen LogP contribution in [0, 0.1) is 5.41 Å². The summed E-state index contributed by atoms with van der Waals surface area (Å²) in [5.41, 5.74) is 2.35. The minimum Gasteiger partial charge on any atom is -0.465 e. The first kappa shape index (κ1) is 21.9. The van der Waals surface area contributed by atoms with Crippen LogP contribution in [0.25, 0.3) is 0 Å². The number of nitrogens with zero attached hydrogens (tertiary/aromatic N) is 2. The van der Waals surface area contributed by atoms with Crippen molar-refractivity contribution >= 4 is 18.0 Å². The third-order valence-electron chi connectivity index (χ3n) is 6.54. The Morgan fingerprint density at radius 2 is 1.72 bits per heavy atom. The molecule has 1 spiro atoms. The highest BCUT2D eigenvalue weighted by atomic mass is 16.6. The molecule has 2 fully saturated rings. The van der Waals surface area contributed by atoms with Gasteiger partial charge in [0.25, 0.3) is 0 Å². The second-order valence-electron chi connectivity index (χ2n) is 8.69. The molecule has 0 saturated carbocycles. The molecule has 2 heterocycles. The normalized spacial score (nSPS) is 19.2. The maximum Gasteiger partial charge on any atom is 0.410 e. The van der Waals surface area contributed by atoms with E-state index in [9.17, 15) is 14.4 Å². The Kier molecular flexibility index (Phi) is 6.17. The molecule has 0 aliphatic carbocycles. The predicted octanol–water partition coefficient (Wildman–Crippen LogP) is 3.80. The SMILES string of the molecule is COC(=O)c1ccc(C2CC3(CCN2C(=O)OCc2ccccc2)CN(C(C)=O)C3)cc1. The summed E-state index contributed by atoms with van der Waals surface area (Å²) >= 11 is 0. The van der Waals surface area contributed by atoms with E-state index in [0.29, 0.717) is 25.2 Å². The summed E-state index contributed by atoms with van der Waals surface area (Å²) in [5, 5.41) is 0. The number of rotatable bonds is 4. The maximum atomic E-state index is 13.0. The molecule has 0 N–H and O–H groups in total. The van der Waals surface area contributed by atoms with Gasteiger partial charge in [-0.25, -0.2) is 9.59 Å². The van der Waals surface area contributed by atoms with Gasteiger partial charge >= 0.3 is 12.1 Å². The molecule has 0 aromatic heterocycles. The van der Waals surface area contributed by atoms with Crippen molar-refractivity contribution in [2.24, 2.45) is 5.41 Å². The smallest absolute Gasteiger partial charge is 0.410 e. The van der Waals surface area contributed by atoms with Gasteiger partial charge in [-0.2, -0.15) is 0 Å². The molecule has 32 heavy (non-hydrogen) atoms. The van der Waals surface area contributed by atoms with Crippen LogP contribution in [0.3, 0.4) is 0 Å². The molecule has 1 unspecified atom stereocenters. The molecule has 0 bridgehead atoms. The van der Waals surface area contributed by atoms with Crippen molar-refractivity contribution in [1.29, 1.82) is 0 Å². The molecule has 2 aliphatic heterocycles. The van der Waals surface area contributed by atoms with E-state index in [1.165, 1.54) is 7.11 Å². The Balaban J connectivity index is 1.52. The minimum absolute atomic E-state index is 0.00751. The number of carbonyl (C=O) groups excluding carboxylic acids is 3. The quantitative estimate of drug-likeness (QED) is 0.682. The van der Waals surface area contributed by atoms with Crippen LogP contribution in [0.15, 0.2) is 54.6 Å². The van der Waals surface area contributed by atoms with Gasteiger partial charge in [0.1, 0.15) is 6.61 Å². The zero-order chi connectivity index (χ0) is 22.7. The molecule has 2 saturated heterocycles. The Hall–Kier alpha value is -3.35. The van der Waals surface area contributed by atoms with Crippen molar-refractivity contribution in [1.82, 2.24) is 9.80 Å². The Bertz CT molecular complexity index is 983. The van der Waals surface area contributed by atoms with Crippen LogP contribution in [0.1, 0.15) is 47.3 Å². The Morgan fingerprint density at radius 3 is 2.34 bits per heavy atom. The number of ether oxygens (including phenoxy) is 2. The van der Waals surface area contributed by atoms with E-state index in [-0.39, 0.29) is 30.1 Å². The van der Waals surface area contributed by atoms with Crippen LogP contribution in [0.2, 0.25) is 0 Å². The first-order chi connectivity index (χ1) is 15.4. The van der Waals surface area contributed by atoms with Crippen LogP contribution >= 0.6 is 0 Å². The van der Waals surface area contributed by atoms with E-state index in [2.05, 4.69) is 0 Å². The summed E-state index contributed by atoms with van der Waals surface area (Å²) in [5.74, 6) is -0.314. The monoisotopic (exact) mass is 436 g/mol. The lowest BCUT2D eigenvalue weighted by molar-refractivity contribution is -0.146. The summed E-state index contributed by atoms with van der Waals surface area (Å²) in [4.78, 5) is 40.2. The number of benzene rings is 2. The maximum absolute atomic E-state index is 13.0. The topological polar surface area (TPSA) is 76.2 Å². The Labute approximate surface area is 187 Å². The van der Waals surface area contributed by atoms with Crippen LogP contribution in [-0.4, -0.2) is 54.5 Å². The molecular formula is C25H28N2O5. The average molecular weight is 437 g/mol. The molecule has 7 heteroatoms.